The molecular formula is C29H30F5N3O4S. The molecule has 42 heavy (non-hydrogen) atoms. The number of halogens is 5. The summed E-state index contributed by atoms with van der Waals surface area (Å²) in [7, 11) is -3.51. The summed E-state index contributed by atoms with van der Waals surface area (Å²) in [6.07, 6.45) is -1.33. The largest absolute Gasteiger partial charge is 0.416 e. The zero-order valence-electron chi connectivity index (χ0n) is 22.5. The number of benzene rings is 2. The minimum Gasteiger partial charge on any atom is -0.347 e. The molecule has 0 spiro atoms. The van der Waals surface area contributed by atoms with Crippen LogP contribution < -0.4 is 5.32 Å². The average molecular weight is 612 g/mol. The highest BCUT2D eigenvalue weighted by atomic mass is 32.2. The van der Waals surface area contributed by atoms with Crippen molar-refractivity contribution in [2.45, 2.75) is 67.7 Å². The Balaban J connectivity index is 1.16. The lowest BCUT2D eigenvalue weighted by molar-refractivity contribution is -0.137. The van der Waals surface area contributed by atoms with Crippen LogP contribution in [0.1, 0.15) is 71.6 Å². The number of likely N-dealkylation sites (tertiary alicyclic amines) is 1. The van der Waals surface area contributed by atoms with Gasteiger partial charge in [-0.1, -0.05) is 18.2 Å². The molecule has 4 aliphatic rings. The summed E-state index contributed by atoms with van der Waals surface area (Å²) in [5.41, 5.74) is -2.74. The maximum atomic E-state index is 15.6. The highest BCUT2D eigenvalue weighted by Crippen LogP contribution is 2.44. The number of amides is 2. The van der Waals surface area contributed by atoms with Crippen LogP contribution in [0.15, 0.2) is 42.5 Å². The van der Waals surface area contributed by atoms with Crippen LogP contribution in [0.25, 0.3) is 0 Å². The summed E-state index contributed by atoms with van der Waals surface area (Å²) in [6.45, 7) is -0.374. The number of carbonyl (C=O) groups is 2. The Kier molecular flexibility index (Phi) is 7.11. The highest BCUT2D eigenvalue weighted by Gasteiger charge is 2.54. The van der Waals surface area contributed by atoms with Gasteiger partial charge in [0, 0.05) is 17.7 Å². The number of carbonyl (C=O) groups excluding carboxylic acids is 2. The van der Waals surface area contributed by atoms with Gasteiger partial charge in [-0.15, -0.1) is 0 Å². The second kappa shape index (κ2) is 10.3. The fourth-order valence-electron chi connectivity index (χ4n) is 5.92. The predicted octanol–water partition coefficient (Wildman–Crippen LogP) is 4.69. The third kappa shape index (κ3) is 5.41. The van der Waals surface area contributed by atoms with E-state index >= 15 is 4.39 Å². The van der Waals surface area contributed by atoms with E-state index in [2.05, 4.69) is 5.32 Å². The lowest BCUT2D eigenvalue weighted by atomic mass is 9.89. The first-order valence-electron chi connectivity index (χ1n) is 14.0. The predicted molar refractivity (Wildman–Crippen MR) is 142 cm³/mol. The molecule has 0 aromatic heterocycles. The summed E-state index contributed by atoms with van der Waals surface area (Å²) >= 11 is 0. The van der Waals surface area contributed by atoms with E-state index in [1.807, 2.05) is 0 Å². The first kappa shape index (κ1) is 29.0. The zero-order valence-corrected chi connectivity index (χ0v) is 23.4. The van der Waals surface area contributed by atoms with Gasteiger partial charge in [0.2, 0.25) is 15.9 Å². The molecule has 0 bridgehead atoms. The molecule has 226 valence electrons. The quantitative estimate of drug-likeness (QED) is 0.439. The monoisotopic (exact) mass is 611 g/mol. The van der Waals surface area contributed by atoms with E-state index in [-0.39, 0.29) is 42.2 Å². The number of nitrogens with one attached hydrogen (secondary N) is 1. The average Bonchev–Trinajstić information content (AvgIpc) is 3.86. The van der Waals surface area contributed by atoms with E-state index in [0.29, 0.717) is 44.6 Å². The Labute approximate surface area is 240 Å². The van der Waals surface area contributed by atoms with Gasteiger partial charge in [-0.05, 0) is 74.3 Å². The number of rotatable bonds is 8. The molecule has 2 aliphatic heterocycles. The van der Waals surface area contributed by atoms with Gasteiger partial charge in [0.15, 0.2) is 5.67 Å². The molecule has 2 atom stereocenters. The van der Waals surface area contributed by atoms with E-state index in [1.54, 1.807) is 0 Å². The van der Waals surface area contributed by atoms with Crippen molar-refractivity contribution in [1.29, 1.82) is 0 Å². The number of hydrogen-bond acceptors (Lipinski definition) is 4. The summed E-state index contributed by atoms with van der Waals surface area (Å²) in [5, 5.41) is 2.34. The molecule has 2 heterocycles. The number of alkyl halides is 4. The van der Waals surface area contributed by atoms with Gasteiger partial charge in [0.25, 0.3) is 5.91 Å². The van der Waals surface area contributed by atoms with E-state index in [1.165, 1.54) is 29.2 Å². The summed E-state index contributed by atoms with van der Waals surface area (Å²) < 4.78 is 95.5. The molecule has 13 heteroatoms. The van der Waals surface area contributed by atoms with Gasteiger partial charge in [0.05, 0.1) is 29.9 Å². The van der Waals surface area contributed by atoms with E-state index in [9.17, 15) is 35.6 Å². The molecule has 0 radical (unpaired) electrons. The summed E-state index contributed by atoms with van der Waals surface area (Å²) in [6, 6.07) is 6.46. The fraction of sp³-hybridized carbons (Fsp3) is 0.517. The smallest absolute Gasteiger partial charge is 0.347 e. The van der Waals surface area contributed by atoms with Gasteiger partial charge in [-0.2, -0.15) is 17.5 Å². The first-order valence-corrected chi connectivity index (χ1v) is 15.5. The van der Waals surface area contributed by atoms with Gasteiger partial charge in [-0.25, -0.2) is 17.2 Å². The van der Waals surface area contributed by atoms with Gasteiger partial charge >= 0.3 is 6.18 Å². The fourth-order valence-corrected chi connectivity index (χ4v) is 7.84. The molecule has 2 saturated carbocycles. The highest BCUT2D eigenvalue weighted by molar-refractivity contribution is 7.90. The van der Waals surface area contributed by atoms with Crippen LogP contribution in [0.4, 0.5) is 22.0 Å². The van der Waals surface area contributed by atoms with Crippen LogP contribution in [0, 0.1) is 11.7 Å². The zero-order chi connectivity index (χ0) is 30.0. The number of nitrogens with zero attached hydrogens (tertiary/aromatic N) is 2. The minimum absolute atomic E-state index is 0.0334. The van der Waals surface area contributed by atoms with Crippen molar-refractivity contribution >= 4 is 21.8 Å². The van der Waals surface area contributed by atoms with Crippen LogP contribution in [0.3, 0.4) is 0 Å². The molecule has 7 nitrogen and oxygen atoms in total. The van der Waals surface area contributed by atoms with Crippen molar-refractivity contribution in [3.8, 4) is 0 Å². The molecule has 2 amide bonds. The lowest BCUT2D eigenvalue weighted by Gasteiger charge is -2.43. The third-order valence-corrected chi connectivity index (χ3v) is 10.9. The number of hydrogen-bond donors (Lipinski definition) is 1. The van der Waals surface area contributed by atoms with E-state index < -0.39 is 62.4 Å². The second-order valence-corrected chi connectivity index (χ2v) is 14.0. The Bertz CT molecular complexity index is 1520. The van der Waals surface area contributed by atoms with Crippen molar-refractivity contribution in [3.63, 3.8) is 0 Å². The maximum Gasteiger partial charge on any atom is 0.416 e. The molecule has 6 rings (SSSR count). The minimum atomic E-state index is -4.70. The number of sulfonamides is 1. The van der Waals surface area contributed by atoms with Crippen molar-refractivity contribution in [3.05, 3.63) is 70.5 Å². The molecule has 4 fully saturated rings. The van der Waals surface area contributed by atoms with E-state index in [0.717, 1.165) is 16.4 Å². The van der Waals surface area contributed by atoms with Crippen LogP contribution in [-0.2, 0) is 26.7 Å². The van der Waals surface area contributed by atoms with Crippen LogP contribution in [-0.4, -0.2) is 60.4 Å². The maximum absolute atomic E-state index is 15.6. The van der Waals surface area contributed by atoms with Crippen molar-refractivity contribution in [2.24, 2.45) is 5.92 Å². The van der Waals surface area contributed by atoms with Crippen LogP contribution in [0.5, 0.6) is 0 Å². The van der Waals surface area contributed by atoms with Gasteiger partial charge < -0.3 is 10.2 Å². The van der Waals surface area contributed by atoms with E-state index in [4.69, 9.17) is 0 Å². The third-order valence-electron chi connectivity index (χ3n) is 8.66. The molecule has 2 unspecified atom stereocenters. The first-order chi connectivity index (χ1) is 19.8. The molecule has 2 aromatic carbocycles. The lowest BCUT2D eigenvalue weighted by Crippen LogP contribution is -2.59. The standard InChI is InChI=1S/C29H30F5N3O4S/c30-23-14-20(29(32,33)34)8-11-22(23)25(17-6-7-17)35-26(38)24-5-2-12-37(24)27(39)18-3-1-4-19(13-18)28(31)15-36(16-28)42(40,41)21-9-10-21/h1,3-4,8,11,13-14,17,21,24-25H,2,5-7,9-10,12,15-16H2,(H,35,38). The Morgan fingerprint density at radius 1 is 1.00 bits per heavy atom. The topological polar surface area (TPSA) is 86.8 Å². The van der Waals surface area contributed by atoms with Crippen molar-refractivity contribution < 1.29 is 40.0 Å². The Morgan fingerprint density at radius 2 is 1.71 bits per heavy atom. The SMILES string of the molecule is O=C(NC(c1ccc(C(F)(F)F)cc1F)C1CC1)C1CCCN1C(=O)c1cccc(C2(F)CN(S(=O)(=O)C3CC3)C2)c1. The van der Waals surface area contributed by atoms with Crippen LogP contribution in [0.2, 0.25) is 0 Å². The molecular weight excluding hydrogens is 581 g/mol. The molecule has 2 aromatic rings. The second-order valence-electron chi connectivity index (χ2n) is 11.8. The summed E-state index contributed by atoms with van der Waals surface area (Å²) in [5.74, 6) is -2.22. The van der Waals surface area contributed by atoms with Crippen LogP contribution >= 0.6 is 0 Å². The molecule has 2 aliphatic carbocycles. The Hall–Kier alpha value is -3.06. The van der Waals surface area contributed by atoms with Gasteiger partial charge in [-0.3, -0.25) is 9.59 Å². The molecule has 2 saturated heterocycles. The van der Waals surface area contributed by atoms with Crippen molar-refractivity contribution in [2.75, 3.05) is 19.6 Å². The summed E-state index contributed by atoms with van der Waals surface area (Å²) in [4.78, 5) is 28.3. The van der Waals surface area contributed by atoms with Gasteiger partial charge in [0.1, 0.15) is 11.9 Å². The normalized spacial score (nSPS) is 23.4. The van der Waals surface area contributed by atoms with Crippen molar-refractivity contribution in [1.82, 2.24) is 14.5 Å². The Morgan fingerprint density at radius 3 is 2.33 bits per heavy atom. The molecule has 1 N–H and O–H groups in total.